The van der Waals surface area contributed by atoms with Gasteiger partial charge in [0.15, 0.2) is 5.25 Å². The third-order valence-corrected chi connectivity index (χ3v) is 4.07. The van der Waals surface area contributed by atoms with Crippen LogP contribution in [0.15, 0.2) is 12.2 Å². The van der Waals surface area contributed by atoms with Crippen molar-refractivity contribution < 1.29 is 41.8 Å². The van der Waals surface area contributed by atoms with E-state index in [1.165, 1.54) is 5.48 Å². The topological polar surface area (TPSA) is 190 Å². The molecular weight excluding hydrogens is 362 g/mol. The highest BCUT2D eigenvalue weighted by Gasteiger charge is 2.33. The highest BCUT2D eigenvalue weighted by Crippen LogP contribution is 2.07. The van der Waals surface area contributed by atoms with Gasteiger partial charge in [-0.3, -0.25) is 28.6 Å². The number of hydrogen-bond donors (Lipinski definition) is 3. The predicted molar refractivity (Wildman–Crippen MR) is 78.5 cm³/mol. The molecule has 0 aromatic carbocycles. The Morgan fingerprint density at radius 1 is 1.24 bits per heavy atom. The second-order valence-corrected chi connectivity index (χ2v) is 6.48. The summed E-state index contributed by atoms with van der Waals surface area (Å²) in [5.74, 6) is -4.65. The monoisotopic (exact) mass is 377 g/mol. The third-order valence-electron chi connectivity index (χ3n) is 2.97. The van der Waals surface area contributed by atoms with Gasteiger partial charge in [-0.25, -0.2) is 4.79 Å². The maximum atomic E-state index is 11.6. The molecule has 0 bridgehead atoms. The second kappa shape index (κ2) is 8.34. The van der Waals surface area contributed by atoms with E-state index in [1.54, 1.807) is 0 Å². The average Bonchev–Trinajstić information content (AvgIpc) is 2.80. The van der Waals surface area contributed by atoms with Gasteiger partial charge in [0.25, 0.3) is 27.8 Å². The standard InChI is InChI=1S/C12H15N3O9S/c13-8(16)6-7(25(21,22)23)12(20)14-24-11(19)2-1-5-15-9(17)3-4-10(15)18/h3-4,7H,1-2,5-6H2,(H2,13,16)(H,14,20)(H,21,22,23). The molecule has 13 heteroatoms. The van der Waals surface area contributed by atoms with Gasteiger partial charge < -0.3 is 10.6 Å². The molecule has 0 saturated carbocycles. The van der Waals surface area contributed by atoms with E-state index in [1.807, 2.05) is 0 Å². The van der Waals surface area contributed by atoms with E-state index in [4.69, 9.17) is 10.3 Å². The Kier molecular flexibility index (Phi) is 6.76. The van der Waals surface area contributed by atoms with Gasteiger partial charge in [0, 0.05) is 25.1 Å². The van der Waals surface area contributed by atoms with E-state index in [0.29, 0.717) is 0 Å². The molecule has 0 aromatic heterocycles. The van der Waals surface area contributed by atoms with Crippen LogP contribution >= 0.6 is 0 Å². The zero-order valence-corrected chi connectivity index (χ0v) is 13.5. The molecule has 1 heterocycles. The molecule has 4 amide bonds. The summed E-state index contributed by atoms with van der Waals surface area (Å²) < 4.78 is 30.9. The molecule has 138 valence electrons. The van der Waals surface area contributed by atoms with Crippen molar-refractivity contribution in [2.45, 2.75) is 24.5 Å². The van der Waals surface area contributed by atoms with Crippen LogP contribution in [0, 0.1) is 0 Å². The zero-order chi connectivity index (χ0) is 19.2. The lowest BCUT2D eigenvalue weighted by Gasteiger charge is -2.14. The highest BCUT2D eigenvalue weighted by molar-refractivity contribution is 7.87. The molecule has 4 N–H and O–H groups in total. The van der Waals surface area contributed by atoms with Crippen LogP contribution in [0.2, 0.25) is 0 Å². The number of amides is 4. The number of hydrogen-bond acceptors (Lipinski definition) is 8. The van der Waals surface area contributed by atoms with Gasteiger partial charge in [-0.15, -0.1) is 0 Å². The summed E-state index contributed by atoms with van der Waals surface area (Å²) in [5.41, 5.74) is 6.26. The molecular formula is C12H15N3O9S. The number of nitrogens with two attached hydrogens (primary N) is 1. The van der Waals surface area contributed by atoms with E-state index in [2.05, 4.69) is 4.84 Å². The number of nitrogens with zero attached hydrogens (tertiary/aromatic N) is 1. The van der Waals surface area contributed by atoms with E-state index in [-0.39, 0.29) is 19.4 Å². The second-order valence-electron chi connectivity index (χ2n) is 4.88. The van der Waals surface area contributed by atoms with Crippen LogP contribution in [-0.4, -0.2) is 59.3 Å². The predicted octanol–water partition coefficient (Wildman–Crippen LogP) is -2.60. The van der Waals surface area contributed by atoms with Gasteiger partial charge in [-0.1, -0.05) is 0 Å². The van der Waals surface area contributed by atoms with Crippen molar-refractivity contribution in [3.8, 4) is 0 Å². The maximum absolute atomic E-state index is 11.6. The van der Waals surface area contributed by atoms with Crippen LogP contribution in [-0.2, 0) is 38.9 Å². The Bertz CT molecular complexity index is 710. The average molecular weight is 377 g/mol. The van der Waals surface area contributed by atoms with Crippen molar-refractivity contribution in [2.24, 2.45) is 5.73 Å². The molecule has 1 atom stereocenters. The smallest absolute Gasteiger partial charge is 0.332 e. The minimum absolute atomic E-state index is 0.0386. The lowest BCUT2D eigenvalue weighted by atomic mass is 10.3. The number of imide groups is 1. The van der Waals surface area contributed by atoms with Gasteiger partial charge in [-0.05, 0) is 6.42 Å². The molecule has 12 nitrogen and oxygen atoms in total. The van der Waals surface area contributed by atoms with Gasteiger partial charge in [-0.2, -0.15) is 13.9 Å². The Labute approximate surface area is 141 Å². The highest BCUT2D eigenvalue weighted by atomic mass is 32.2. The van der Waals surface area contributed by atoms with Crippen molar-refractivity contribution in [2.75, 3.05) is 6.54 Å². The fourth-order valence-corrected chi connectivity index (χ4v) is 2.47. The normalized spacial score (nSPS) is 15.2. The lowest BCUT2D eigenvalue weighted by molar-refractivity contribution is -0.158. The van der Waals surface area contributed by atoms with Crippen molar-refractivity contribution in [3.05, 3.63) is 12.2 Å². The van der Waals surface area contributed by atoms with E-state index in [9.17, 15) is 32.4 Å². The van der Waals surface area contributed by atoms with Crippen LogP contribution in [0.5, 0.6) is 0 Å². The van der Waals surface area contributed by atoms with Crippen molar-refractivity contribution in [1.82, 2.24) is 10.4 Å². The zero-order valence-electron chi connectivity index (χ0n) is 12.7. The first-order valence-electron chi connectivity index (χ1n) is 6.80. The quantitative estimate of drug-likeness (QED) is 0.231. The first-order valence-corrected chi connectivity index (χ1v) is 8.30. The van der Waals surface area contributed by atoms with Crippen LogP contribution in [0.3, 0.4) is 0 Å². The molecule has 25 heavy (non-hydrogen) atoms. The SMILES string of the molecule is NC(=O)CC(C(=O)NOC(=O)CCCN1C(=O)C=CC1=O)S(=O)(=O)O. The van der Waals surface area contributed by atoms with Crippen LogP contribution < -0.4 is 11.2 Å². The fourth-order valence-electron chi connectivity index (χ4n) is 1.77. The molecule has 0 saturated heterocycles. The molecule has 0 aliphatic carbocycles. The molecule has 0 aromatic rings. The number of primary amides is 1. The van der Waals surface area contributed by atoms with E-state index in [0.717, 1.165) is 17.1 Å². The van der Waals surface area contributed by atoms with Crippen LogP contribution in [0.4, 0.5) is 0 Å². The number of hydroxylamine groups is 1. The Morgan fingerprint density at radius 3 is 2.28 bits per heavy atom. The summed E-state index contributed by atoms with van der Waals surface area (Å²) in [6, 6.07) is 0. The number of carbonyl (C=O) groups is 5. The summed E-state index contributed by atoms with van der Waals surface area (Å²) >= 11 is 0. The molecule has 0 fully saturated rings. The van der Waals surface area contributed by atoms with Crippen LogP contribution in [0.1, 0.15) is 19.3 Å². The van der Waals surface area contributed by atoms with Gasteiger partial charge in [0.05, 0.1) is 6.42 Å². The molecule has 1 unspecified atom stereocenters. The lowest BCUT2D eigenvalue weighted by Crippen LogP contribution is -2.42. The summed E-state index contributed by atoms with van der Waals surface area (Å²) in [4.78, 5) is 61.4. The van der Waals surface area contributed by atoms with Gasteiger partial charge in [0.2, 0.25) is 5.91 Å². The molecule has 0 radical (unpaired) electrons. The van der Waals surface area contributed by atoms with Gasteiger partial charge >= 0.3 is 5.97 Å². The van der Waals surface area contributed by atoms with Crippen LogP contribution in [0.25, 0.3) is 0 Å². The van der Waals surface area contributed by atoms with Gasteiger partial charge in [0.1, 0.15) is 0 Å². The van der Waals surface area contributed by atoms with E-state index >= 15 is 0 Å². The number of nitrogens with one attached hydrogen (secondary N) is 1. The third kappa shape index (κ3) is 6.31. The van der Waals surface area contributed by atoms with Crippen molar-refractivity contribution >= 4 is 39.7 Å². The maximum Gasteiger partial charge on any atom is 0.332 e. The largest absolute Gasteiger partial charge is 0.370 e. The van der Waals surface area contributed by atoms with E-state index < -0.39 is 51.4 Å². The summed E-state index contributed by atoms with van der Waals surface area (Å²) in [6.45, 7) is -0.0525. The number of rotatable bonds is 8. The minimum Gasteiger partial charge on any atom is -0.370 e. The first-order chi connectivity index (χ1) is 11.5. The fraction of sp³-hybridized carbons (Fsp3) is 0.417. The number of carbonyl (C=O) groups excluding carboxylic acids is 5. The molecule has 1 rings (SSSR count). The minimum atomic E-state index is -4.94. The molecule has 0 spiro atoms. The Morgan fingerprint density at radius 2 is 1.80 bits per heavy atom. The molecule has 1 aliphatic rings. The summed E-state index contributed by atoms with van der Waals surface area (Å²) in [5, 5.41) is -2.22. The molecule has 1 aliphatic heterocycles. The Hall–Kier alpha value is -2.80. The van der Waals surface area contributed by atoms with Crippen molar-refractivity contribution in [3.63, 3.8) is 0 Å². The summed E-state index contributed by atoms with van der Waals surface area (Å²) in [6.07, 6.45) is 0.888. The Balaban J connectivity index is 2.42. The van der Waals surface area contributed by atoms with Crippen molar-refractivity contribution in [1.29, 1.82) is 0 Å². The summed E-state index contributed by atoms with van der Waals surface area (Å²) in [7, 11) is -4.94. The first kappa shape index (κ1) is 20.2.